The predicted molar refractivity (Wildman–Crippen MR) is 108 cm³/mol. The van der Waals surface area contributed by atoms with Gasteiger partial charge in [0.25, 0.3) is 0 Å². The van der Waals surface area contributed by atoms with Gasteiger partial charge in [-0.2, -0.15) is 0 Å². The summed E-state index contributed by atoms with van der Waals surface area (Å²) >= 11 is 0. The number of benzene rings is 2. The Balaban J connectivity index is 1.64. The van der Waals surface area contributed by atoms with Crippen molar-refractivity contribution in [1.82, 2.24) is 9.88 Å². The number of H-pyrrole nitrogens is 1. The highest BCUT2D eigenvalue weighted by molar-refractivity contribution is 5.87. The summed E-state index contributed by atoms with van der Waals surface area (Å²) in [5, 5.41) is 10.5. The summed E-state index contributed by atoms with van der Waals surface area (Å²) in [4.78, 5) is 16.9. The van der Waals surface area contributed by atoms with Crippen molar-refractivity contribution in [2.45, 2.75) is 25.7 Å². The van der Waals surface area contributed by atoms with Crippen LogP contribution in [-0.2, 0) is 6.42 Å². The molecule has 3 aromatic rings. The van der Waals surface area contributed by atoms with E-state index >= 15 is 0 Å². The molecule has 2 aromatic carbocycles. The number of likely N-dealkylation sites (N-methyl/N-ethyl adjacent to an activating group) is 1. The third-order valence-electron chi connectivity index (χ3n) is 6.05. The Kier molecular flexibility index (Phi) is 4.75. The molecule has 0 aliphatic carbocycles. The zero-order valence-corrected chi connectivity index (χ0v) is 15.9. The van der Waals surface area contributed by atoms with Crippen LogP contribution < -0.4 is 0 Å². The van der Waals surface area contributed by atoms with Crippen LogP contribution in [0.1, 0.15) is 39.4 Å². The topological polar surface area (TPSA) is 56.3 Å². The van der Waals surface area contributed by atoms with Gasteiger partial charge in [0.2, 0.25) is 0 Å². The Hall–Kier alpha value is -2.59. The van der Waals surface area contributed by atoms with E-state index in [0.717, 1.165) is 25.9 Å². The minimum Gasteiger partial charge on any atom is -0.478 e. The molecule has 1 saturated heterocycles. The third kappa shape index (κ3) is 3.50. The second-order valence-electron chi connectivity index (χ2n) is 7.86. The average molecular weight is 362 g/mol. The summed E-state index contributed by atoms with van der Waals surface area (Å²) in [5.74, 6) is 0.105. The van der Waals surface area contributed by atoms with Gasteiger partial charge in [0.05, 0.1) is 5.56 Å². The van der Waals surface area contributed by atoms with E-state index < -0.39 is 5.97 Å². The van der Waals surface area contributed by atoms with Crippen LogP contribution in [-0.4, -0.2) is 41.1 Å². The highest BCUT2D eigenvalue weighted by atomic mass is 16.4. The van der Waals surface area contributed by atoms with Crippen LogP contribution in [0, 0.1) is 12.8 Å². The quantitative estimate of drug-likeness (QED) is 0.721. The molecule has 4 nitrogen and oxygen atoms in total. The lowest BCUT2D eigenvalue weighted by molar-refractivity contribution is 0.0697. The first-order chi connectivity index (χ1) is 13.0. The van der Waals surface area contributed by atoms with Crippen molar-refractivity contribution in [3.8, 4) is 0 Å². The summed E-state index contributed by atoms with van der Waals surface area (Å²) < 4.78 is 0. The first kappa shape index (κ1) is 17.8. The molecule has 2 heterocycles. The molecule has 1 aliphatic rings. The number of aromatic carboxylic acids is 1. The number of likely N-dealkylation sites (tertiary alicyclic amines) is 1. The third-order valence-corrected chi connectivity index (χ3v) is 6.05. The maximum Gasteiger partial charge on any atom is 0.335 e. The zero-order valence-electron chi connectivity index (χ0n) is 15.9. The standard InChI is InChI=1S/C23H26N2O2/c1-15-3-4-18(20-9-11-24-22(15)20)13-19-10-12-25(2)14-21(19)16-5-7-17(8-6-16)23(26)27/h3-9,11,19,21,24H,10,12-14H2,1-2H3,(H,26,27). The number of nitrogens with one attached hydrogen (secondary N) is 1. The summed E-state index contributed by atoms with van der Waals surface area (Å²) in [7, 11) is 2.17. The van der Waals surface area contributed by atoms with Crippen molar-refractivity contribution < 1.29 is 9.90 Å². The van der Waals surface area contributed by atoms with Crippen molar-refractivity contribution >= 4 is 16.9 Å². The summed E-state index contributed by atoms with van der Waals surface area (Å²) in [6, 6.07) is 14.1. The molecule has 0 amide bonds. The normalized spacial score (nSPS) is 20.8. The van der Waals surface area contributed by atoms with E-state index in [1.807, 2.05) is 18.3 Å². The van der Waals surface area contributed by atoms with Gasteiger partial charge < -0.3 is 15.0 Å². The van der Waals surface area contributed by atoms with Gasteiger partial charge in [-0.05, 0) is 80.1 Å². The van der Waals surface area contributed by atoms with E-state index in [9.17, 15) is 4.79 Å². The number of aryl methyl sites for hydroxylation is 1. The van der Waals surface area contributed by atoms with Crippen LogP contribution in [0.5, 0.6) is 0 Å². The van der Waals surface area contributed by atoms with Gasteiger partial charge in [0, 0.05) is 23.6 Å². The van der Waals surface area contributed by atoms with Gasteiger partial charge in [-0.1, -0.05) is 24.3 Å². The fourth-order valence-electron chi connectivity index (χ4n) is 4.48. The van der Waals surface area contributed by atoms with E-state index in [1.165, 1.54) is 27.6 Å². The molecule has 2 N–H and O–H groups in total. The second kappa shape index (κ2) is 7.20. The number of fused-ring (bicyclic) bond motifs is 1. The monoisotopic (exact) mass is 362 g/mol. The number of carbonyl (C=O) groups is 1. The Morgan fingerprint density at radius 1 is 1.19 bits per heavy atom. The molecule has 0 saturated carbocycles. The summed E-state index contributed by atoms with van der Waals surface area (Å²) in [6.45, 7) is 4.26. The van der Waals surface area contributed by atoms with Gasteiger partial charge in [0.15, 0.2) is 0 Å². The van der Waals surface area contributed by atoms with Crippen LogP contribution in [0.15, 0.2) is 48.7 Å². The number of aromatic nitrogens is 1. The first-order valence-corrected chi connectivity index (χ1v) is 9.60. The van der Waals surface area contributed by atoms with Crippen LogP contribution in [0.3, 0.4) is 0 Å². The number of aromatic amines is 1. The minimum atomic E-state index is -0.867. The van der Waals surface area contributed by atoms with Crippen molar-refractivity contribution in [1.29, 1.82) is 0 Å². The van der Waals surface area contributed by atoms with Crippen molar-refractivity contribution in [3.05, 3.63) is 70.9 Å². The smallest absolute Gasteiger partial charge is 0.335 e. The molecule has 1 fully saturated rings. The lowest BCUT2D eigenvalue weighted by atomic mass is 9.77. The average Bonchev–Trinajstić information content (AvgIpc) is 3.16. The second-order valence-corrected chi connectivity index (χ2v) is 7.86. The van der Waals surface area contributed by atoms with Gasteiger partial charge in [-0.25, -0.2) is 4.79 Å². The van der Waals surface area contributed by atoms with E-state index in [2.05, 4.69) is 42.1 Å². The molecule has 2 unspecified atom stereocenters. The Bertz CT molecular complexity index is 958. The molecular formula is C23H26N2O2. The van der Waals surface area contributed by atoms with Gasteiger partial charge >= 0.3 is 5.97 Å². The number of rotatable bonds is 4. The molecule has 1 aliphatic heterocycles. The van der Waals surface area contributed by atoms with Gasteiger partial charge in [-0.3, -0.25) is 0 Å². The minimum absolute atomic E-state index is 0.354. The highest BCUT2D eigenvalue weighted by Crippen LogP contribution is 2.36. The Morgan fingerprint density at radius 3 is 2.70 bits per heavy atom. The molecule has 0 spiro atoms. The lowest BCUT2D eigenvalue weighted by Gasteiger charge is -2.37. The van der Waals surface area contributed by atoms with Crippen LogP contribution in [0.4, 0.5) is 0 Å². The predicted octanol–water partition coefficient (Wildman–Crippen LogP) is 4.45. The van der Waals surface area contributed by atoms with Crippen LogP contribution >= 0.6 is 0 Å². The van der Waals surface area contributed by atoms with Crippen molar-refractivity contribution in [2.24, 2.45) is 5.92 Å². The van der Waals surface area contributed by atoms with Crippen molar-refractivity contribution in [2.75, 3.05) is 20.1 Å². The number of piperidine rings is 1. The largest absolute Gasteiger partial charge is 0.478 e. The lowest BCUT2D eigenvalue weighted by Crippen LogP contribution is -2.37. The summed E-state index contributed by atoms with van der Waals surface area (Å²) in [6.07, 6.45) is 4.23. The van der Waals surface area contributed by atoms with E-state index in [0.29, 0.717) is 17.4 Å². The Morgan fingerprint density at radius 2 is 1.96 bits per heavy atom. The molecule has 2 atom stereocenters. The van der Waals surface area contributed by atoms with Crippen LogP contribution in [0.2, 0.25) is 0 Å². The maximum atomic E-state index is 11.2. The SMILES string of the molecule is Cc1ccc(CC2CCN(C)CC2c2ccc(C(=O)O)cc2)c2cc[nH]c12. The molecular weight excluding hydrogens is 336 g/mol. The number of carboxylic acid groups (broad SMARTS) is 1. The number of carboxylic acids is 1. The fraction of sp³-hybridized carbons (Fsp3) is 0.348. The fourth-order valence-corrected chi connectivity index (χ4v) is 4.48. The van der Waals surface area contributed by atoms with E-state index in [1.54, 1.807) is 12.1 Å². The Labute approximate surface area is 159 Å². The van der Waals surface area contributed by atoms with E-state index in [-0.39, 0.29) is 0 Å². The molecule has 0 radical (unpaired) electrons. The zero-order chi connectivity index (χ0) is 19.0. The van der Waals surface area contributed by atoms with E-state index in [4.69, 9.17) is 5.11 Å². The summed E-state index contributed by atoms with van der Waals surface area (Å²) in [5.41, 5.74) is 5.52. The van der Waals surface area contributed by atoms with Gasteiger partial charge in [0.1, 0.15) is 0 Å². The number of nitrogens with zero attached hydrogens (tertiary/aromatic N) is 1. The van der Waals surface area contributed by atoms with Gasteiger partial charge in [-0.15, -0.1) is 0 Å². The molecule has 1 aromatic heterocycles. The van der Waals surface area contributed by atoms with Crippen LogP contribution in [0.25, 0.3) is 10.9 Å². The molecule has 27 heavy (non-hydrogen) atoms. The first-order valence-electron chi connectivity index (χ1n) is 9.60. The van der Waals surface area contributed by atoms with Crippen molar-refractivity contribution in [3.63, 3.8) is 0 Å². The molecule has 4 heteroatoms. The number of hydrogen-bond acceptors (Lipinski definition) is 2. The molecule has 0 bridgehead atoms. The maximum absolute atomic E-state index is 11.2. The number of hydrogen-bond donors (Lipinski definition) is 2. The molecule has 4 rings (SSSR count). The molecule has 140 valence electrons. The highest BCUT2D eigenvalue weighted by Gasteiger charge is 2.29.